The second kappa shape index (κ2) is 7.00. The fourth-order valence-corrected chi connectivity index (χ4v) is 2.64. The number of nitrogens with zero attached hydrogens (tertiary/aromatic N) is 1. The number of aromatic nitrogens is 1. The number of anilines is 2. The molecule has 0 bridgehead atoms. The van der Waals surface area contributed by atoms with E-state index in [9.17, 15) is 14.7 Å². The first-order chi connectivity index (χ1) is 12.0. The van der Waals surface area contributed by atoms with Crippen molar-refractivity contribution in [2.75, 3.05) is 10.6 Å². The quantitative estimate of drug-likeness (QED) is 0.505. The van der Waals surface area contributed by atoms with Crippen LogP contribution in [0.1, 0.15) is 6.92 Å². The summed E-state index contributed by atoms with van der Waals surface area (Å²) in [5.41, 5.74) is 0.937. The highest BCUT2D eigenvalue weighted by atomic mass is 16.3. The number of phenols is 1. The van der Waals surface area contributed by atoms with E-state index in [0.29, 0.717) is 22.1 Å². The molecule has 6 heteroatoms. The van der Waals surface area contributed by atoms with E-state index in [1.54, 1.807) is 47.3 Å². The number of phenolic OH excluding ortho intramolecular Hbond substituents is 1. The lowest BCUT2D eigenvalue weighted by Crippen LogP contribution is -2.39. The van der Waals surface area contributed by atoms with Crippen LogP contribution in [-0.2, 0) is 16.1 Å². The molecule has 2 amide bonds. The number of amides is 2. The minimum absolute atomic E-state index is 0.0314. The van der Waals surface area contributed by atoms with Crippen molar-refractivity contribution in [3.8, 4) is 5.75 Å². The summed E-state index contributed by atoms with van der Waals surface area (Å²) in [5.74, 6) is -0.468. The number of rotatable bonds is 4. The Balaban J connectivity index is 1.86. The Bertz CT molecular complexity index is 939. The van der Waals surface area contributed by atoms with Gasteiger partial charge in [0.15, 0.2) is 12.4 Å². The van der Waals surface area contributed by atoms with Crippen molar-refractivity contribution in [2.24, 2.45) is 0 Å². The zero-order valence-electron chi connectivity index (χ0n) is 13.7. The van der Waals surface area contributed by atoms with Gasteiger partial charge in [-0.1, -0.05) is 18.2 Å². The van der Waals surface area contributed by atoms with Crippen LogP contribution in [0.2, 0.25) is 0 Å². The van der Waals surface area contributed by atoms with Crippen molar-refractivity contribution in [3.05, 3.63) is 60.9 Å². The number of nitrogens with one attached hydrogen (secondary N) is 2. The SMILES string of the molecule is CC(=O)Nc1cccc2c(O)c(NC(=O)C[n+]3ccccc3)ccc12. The molecule has 0 saturated carbocycles. The Morgan fingerprint density at radius 2 is 1.68 bits per heavy atom. The van der Waals surface area contributed by atoms with E-state index in [1.807, 2.05) is 18.2 Å². The first-order valence-corrected chi connectivity index (χ1v) is 7.81. The number of hydrogen-bond donors (Lipinski definition) is 3. The van der Waals surface area contributed by atoms with Crippen molar-refractivity contribution in [2.45, 2.75) is 13.5 Å². The van der Waals surface area contributed by atoms with E-state index >= 15 is 0 Å². The molecule has 3 aromatic rings. The molecular formula is C19H18N3O3+. The molecule has 0 radical (unpaired) electrons. The predicted octanol–water partition coefficient (Wildman–Crippen LogP) is 2.43. The summed E-state index contributed by atoms with van der Waals surface area (Å²) in [6.45, 7) is 1.57. The average Bonchev–Trinajstić information content (AvgIpc) is 2.58. The van der Waals surface area contributed by atoms with Gasteiger partial charge in [-0.25, -0.2) is 0 Å². The number of carbonyl (C=O) groups excluding carboxylic acids is 2. The maximum atomic E-state index is 12.2. The molecule has 0 saturated heterocycles. The van der Waals surface area contributed by atoms with Crippen LogP contribution in [0.5, 0.6) is 5.75 Å². The molecule has 0 atom stereocenters. The normalized spacial score (nSPS) is 10.4. The molecule has 0 fully saturated rings. The number of fused-ring (bicyclic) bond motifs is 1. The number of carbonyl (C=O) groups is 2. The molecule has 25 heavy (non-hydrogen) atoms. The molecule has 6 nitrogen and oxygen atoms in total. The second-order valence-electron chi connectivity index (χ2n) is 5.64. The maximum absolute atomic E-state index is 12.2. The zero-order chi connectivity index (χ0) is 17.8. The van der Waals surface area contributed by atoms with Gasteiger partial charge in [0.2, 0.25) is 12.5 Å². The van der Waals surface area contributed by atoms with Crippen LogP contribution in [0.4, 0.5) is 11.4 Å². The van der Waals surface area contributed by atoms with Gasteiger partial charge in [-0.15, -0.1) is 0 Å². The van der Waals surface area contributed by atoms with Crippen LogP contribution in [0, 0.1) is 0 Å². The fourth-order valence-electron chi connectivity index (χ4n) is 2.64. The molecule has 0 aliphatic rings. The molecule has 0 spiro atoms. The minimum Gasteiger partial charge on any atom is -0.505 e. The van der Waals surface area contributed by atoms with Gasteiger partial charge in [-0.2, -0.15) is 4.57 Å². The first-order valence-electron chi connectivity index (χ1n) is 7.81. The van der Waals surface area contributed by atoms with Gasteiger partial charge >= 0.3 is 0 Å². The molecule has 126 valence electrons. The van der Waals surface area contributed by atoms with Crippen LogP contribution in [-0.4, -0.2) is 16.9 Å². The van der Waals surface area contributed by atoms with Gasteiger partial charge in [0.25, 0.3) is 5.91 Å². The fraction of sp³-hybridized carbons (Fsp3) is 0.105. The number of benzene rings is 2. The van der Waals surface area contributed by atoms with E-state index in [2.05, 4.69) is 10.6 Å². The lowest BCUT2D eigenvalue weighted by atomic mass is 10.1. The molecule has 0 unspecified atom stereocenters. The predicted molar refractivity (Wildman–Crippen MR) is 95.2 cm³/mol. The molecule has 0 aliphatic carbocycles. The van der Waals surface area contributed by atoms with E-state index in [-0.39, 0.29) is 24.1 Å². The van der Waals surface area contributed by atoms with E-state index in [1.165, 1.54) is 6.92 Å². The largest absolute Gasteiger partial charge is 0.505 e. The zero-order valence-corrected chi connectivity index (χ0v) is 13.7. The van der Waals surface area contributed by atoms with Crippen molar-refractivity contribution in [1.82, 2.24) is 0 Å². The van der Waals surface area contributed by atoms with Crippen molar-refractivity contribution in [3.63, 3.8) is 0 Å². The highest BCUT2D eigenvalue weighted by molar-refractivity contribution is 6.06. The van der Waals surface area contributed by atoms with E-state index in [4.69, 9.17) is 0 Å². The monoisotopic (exact) mass is 336 g/mol. The Kier molecular flexibility index (Phi) is 4.61. The third kappa shape index (κ3) is 3.74. The minimum atomic E-state index is -0.246. The smallest absolute Gasteiger partial charge is 0.290 e. The summed E-state index contributed by atoms with van der Waals surface area (Å²) in [7, 11) is 0. The summed E-state index contributed by atoms with van der Waals surface area (Å²) >= 11 is 0. The Morgan fingerprint density at radius 1 is 0.920 bits per heavy atom. The van der Waals surface area contributed by atoms with Gasteiger partial charge < -0.3 is 15.7 Å². The van der Waals surface area contributed by atoms with Crippen molar-refractivity contribution < 1.29 is 19.3 Å². The summed E-state index contributed by atoms with van der Waals surface area (Å²) < 4.78 is 1.74. The van der Waals surface area contributed by atoms with Crippen LogP contribution in [0.3, 0.4) is 0 Å². The molecule has 1 heterocycles. The van der Waals surface area contributed by atoms with Crippen LogP contribution in [0.25, 0.3) is 10.8 Å². The molecule has 3 rings (SSSR count). The molecular weight excluding hydrogens is 318 g/mol. The number of hydrogen-bond acceptors (Lipinski definition) is 3. The van der Waals surface area contributed by atoms with Crippen LogP contribution in [0.15, 0.2) is 60.9 Å². The first kappa shape index (κ1) is 16.4. The van der Waals surface area contributed by atoms with Crippen molar-refractivity contribution >= 4 is 34.0 Å². The molecule has 1 aromatic heterocycles. The maximum Gasteiger partial charge on any atom is 0.290 e. The molecule has 2 aromatic carbocycles. The Morgan fingerprint density at radius 3 is 2.40 bits per heavy atom. The number of pyridine rings is 1. The third-order valence-corrected chi connectivity index (χ3v) is 3.72. The summed E-state index contributed by atoms with van der Waals surface area (Å²) in [6, 6.07) is 14.1. The summed E-state index contributed by atoms with van der Waals surface area (Å²) in [6.07, 6.45) is 3.58. The Labute approximate surface area is 144 Å². The highest BCUT2D eigenvalue weighted by Gasteiger charge is 2.14. The van der Waals surface area contributed by atoms with Gasteiger partial charge in [0.1, 0.15) is 5.75 Å². The lowest BCUT2D eigenvalue weighted by Gasteiger charge is -2.12. The van der Waals surface area contributed by atoms with Gasteiger partial charge in [-0.05, 0) is 18.2 Å². The lowest BCUT2D eigenvalue weighted by molar-refractivity contribution is -0.684. The second-order valence-corrected chi connectivity index (χ2v) is 5.64. The Hall–Kier alpha value is -3.41. The average molecular weight is 336 g/mol. The van der Waals surface area contributed by atoms with Crippen molar-refractivity contribution in [1.29, 1.82) is 0 Å². The van der Waals surface area contributed by atoms with Crippen LogP contribution < -0.4 is 15.2 Å². The van der Waals surface area contributed by atoms with E-state index in [0.717, 1.165) is 0 Å². The third-order valence-electron chi connectivity index (χ3n) is 3.72. The van der Waals surface area contributed by atoms with Gasteiger partial charge in [0.05, 0.1) is 5.69 Å². The molecule has 3 N–H and O–H groups in total. The van der Waals surface area contributed by atoms with E-state index < -0.39 is 0 Å². The van der Waals surface area contributed by atoms with Gasteiger partial charge in [0, 0.05) is 35.5 Å². The van der Waals surface area contributed by atoms with Gasteiger partial charge in [-0.3, -0.25) is 9.59 Å². The summed E-state index contributed by atoms with van der Waals surface area (Å²) in [5, 5.41) is 17.2. The highest BCUT2D eigenvalue weighted by Crippen LogP contribution is 2.35. The standard InChI is InChI=1S/C19H17N3O3/c1-13(23)20-16-7-5-6-15-14(16)8-9-17(19(15)25)21-18(24)12-22-10-3-2-4-11-22/h2-11H,12H2,1H3,(H2-,20,21,23,24,25)/p+1. The summed E-state index contributed by atoms with van der Waals surface area (Å²) in [4.78, 5) is 23.5. The molecule has 0 aliphatic heterocycles. The number of aromatic hydroxyl groups is 1. The van der Waals surface area contributed by atoms with Crippen LogP contribution >= 0.6 is 0 Å². The topological polar surface area (TPSA) is 82.3 Å².